The van der Waals surface area contributed by atoms with Gasteiger partial charge in [-0.3, -0.25) is 14.5 Å². The van der Waals surface area contributed by atoms with Crippen LogP contribution in [0.5, 0.6) is 5.75 Å². The Morgan fingerprint density at radius 1 is 1.15 bits per heavy atom. The van der Waals surface area contributed by atoms with Crippen LogP contribution < -0.4 is 15.4 Å². The largest absolute Gasteiger partial charge is 0.497 e. The number of carbonyl (C=O) groups is 3. The SMILES string of the molecule is COc1cccc(NC(=O)CC[C@H]2NC(=O)N(Cc3ccccc3)C2=O)c1. The van der Waals surface area contributed by atoms with Gasteiger partial charge in [-0.05, 0) is 24.1 Å². The maximum absolute atomic E-state index is 12.5. The third-order valence-corrected chi connectivity index (χ3v) is 4.30. The lowest BCUT2D eigenvalue weighted by molar-refractivity contribution is -0.128. The van der Waals surface area contributed by atoms with Crippen LogP contribution in [0.4, 0.5) is 10.5 Å². The summed E-state index contributed by atoms with van der Waals surface area (Å²) in [6, 6.07) is 15.2. The predicted molar refractivity (Wildman–Crippen MR) is 100 cm³/mol. The van der Waals surface area contributed by atoms with Gasteiger partial charge in [0.15, 0.2) is 0 Å². The minimum atomic E-state index is -0.683. The third kappa shape index (κ3) is 4.63. The highest BCUT2D eigenvalue weighted by atomic mass is 16.5. The van der Waals surface area contributed by atoms with Crippen LogP contribution in [0.25, 0.3) is 0 Å². The Hall–Kier alpha value is -3.35. The van der Waals surface area contributed by atoms with Gasteiger partial charge in [-0.15, -0.1) is 0 Å². The summed E-state index contributed by atoms with van der Waals surface area (Å²) in [7, 11) is 1.55. The number of carbonyl (C=O) groups excluding carboxylic acids is 3. The van der Waals surface area contributed by atoms with E-state index in [1.807, 2.05) is 30.3 Å². The fourth-order valence-corrected chi connectivity index (χ4v) is 2.89. The van der Waals surface area contributed by atoms with Crippen molar-refractivity contribution >= 4 is 23.5 Å². The summed E-state index contributed by atoms with van der Waals surface area (Å²) in [6.45, 7) is 0.220. The number of nitrogens with one attached hydrogen (secondary N) is 2. The molecule has 27 heavy (non-hydrogen) atoms. The minimum absolute atomic E-state index is 0.118. The second kappa shape index (κ2) is 8.35. The highest BCUT2D eigenvalue weighted by Crippen LogP contribution is 2.18. The monoisotopic (exact) mass is 367 g/mol. The zero-order valence-electron chi connectivity index (χ0n) is 15.0. The average Bonchev–Trinajstić information content (AvgIpc) is 2.95. The van der Waals surface area contributed by atoms with Crippen molar-refractivity contribution in [1.29, 1.82) is 0 Å². The van der Waals surface area contributed by atoms with Crippen LogP contribution in [0.3, 0.4) is 0 Å². The lowest BCUT2D eigenvalue weighted by Gasteiger charge is -2.13. The molecule has 1 saturated heterocycles. The highest BCUT2D eigenvalue weighted by molar-refractivity contribution is 6.04. The van der Waals surface area contributed by atoms with Crippen LogP contribution in [0, 0.1) is 0 Å². The molecule has 7 heteroatoms. The molecule has 0 unspecified atom stereocenters. The molecular weight excluding hydrogens is 346 g/mol. The minimum Gasteiger partial charge on any atom is -0.497 e. The summed E-state index contributed by atoms with van der Waals surface area (Å²) in [5, 5.41) is 5.41. The number of amides is 4. The second-order valence-corrected chi connectivity index (χ2v) is 6.23. The molecule has 0 saturated carbocycles. The van der Waals surface area contributed by atoms with Gasteiger partial charge in [0, 0.05) is 18.2 Å². The van der Waals surface area contributed by atoms with Crippen LogP contribution in [0.2, 0.25) is 0 Å². The summed E-state index contributed by atoms with van der Waals surface area (Å²) in [4.78, 5) is 37.9. The zero-order valence-corrected chi connectivity index (χ0v) is 15.0. The summed E-state index contributed by atoms with van der Waals surface area (Å²) >= 11 is 0. The molecule has 1 aliphatic heterocycles. The van der Waals surface area contributed by atoms with Gasteiger partial charge < -0.3 is 15.4 Å². The van der Waals surface area contributed by atoms with E-state index in [9.17, 15) is 14.4 Å². The first kappa shape index (κ1) is 18.4. The summed E-state index contributed by atoms with van der Waals surface area (Å²) in [6.07, 6.45) is 0.360. The molecular formula is C20H21N3O4. The molecule has 0 aliphatic carbocycles. The number of imide groups is 1. The quantitative estimate of drug-likeness (QED) is 0.736. The molecule has 4 amide bonds. The first-order valence-electron chi connectivity index (χ1n) is 8.66. The molecule has 140 valence electrons. The number of ether oxygens (including phenoxy) is 1. The maximum atomic E-state index is 12.5. The number of rotatable bonds is 7. The van der Waals surface area contributed by atoms with E-state index >= 15 is 0 Å². The summed E-state index contributed by atoms with van der Waals surface area (Å²) in [5.74, 6) is 0.104. The normalized spacial score (nSPS) is 16.2. The Morgan fingerprint density at radius 3 is 2.67 bits per heavy atom. The lowest BCUT2D eigenvalue weighted by Crippen LogP contribution is -2.31. The van der Waals surface area contributed by atoms with Gasteiger partial charge in [0.2, 0.25) is 5.91 Å². The van der Waals surface area contributed by atoms with Crippen LogP contribution >= 0.6 is 0 Å². The van der Waals surface area contributed by atoms with Gasteiger partial charge in [-0.2, -0.15) is 0 Å². The molecule has 7 nitrogen and oxygen atoms in total. The topological polar surface area (TPSA) is 87.7 Å². The number of benzene rings is 2. The standard InChI is InChI=1S/C20H21N3O4/c1-27-16-9-5-8-15(12-16)21-18(24)11-10-17-19(25)23(20(26)22-17)13-14-6-3-2-4-7-14/h2-9,12,17H,10-11,13H2,1H3,(H,21,24)(H,22,26)/t17-/m1/s1. The molecule has 2 aromatic rings. The number of anilines is 1. The lowest BCUT2D eigenvalue weighted by atomic mass is 10.1. The van der Waals surface area contributed by atoms with Gasteiger partial charge in [-0.1, -0.05) is 36.4 Å². The molecule has 1 atom stereocenters. The van der Waals surface area contributed by atoms with Crippen molar-refractivity contribution in [3.05, 3.63) is 60.2 Å². The van der Waals surface area contributed by atoms with Crippen LogP contribution in [0.1, 0.15) is 18.4 Å². The van der Waals surface area contributed by atoms with Gasteiger partial charge in [0.05, 0.1) is 13.7 Å². The predicted octanol–water partition coefficient (Wildman–Crippen LogP) is 2.53. The Labute approximate surface area is 157 Å². The van der Waals surface area contributed by atoms with E-state index in [2.05, 4.69) is 10.6 Å². The first-order chi connectivity index (χ1) is 13.1. The number of urea groups is 1. The van der Waals surface area contributed by atoms with Crippen molar-refractivity contribution in [3.8, 4) is 5.75 Å². The van der Waals surface area contributed by atoms with Crippen LogP contribution in [-0.4, -0.2) is 35.9 Å². The third-order valence-electron chi connectivity index (χ3n) is 4.30. The molecule has 1 heterocycles. The fraction of sp³-hybridized carbons (Fsp3) is 0.250. The molecule has 0 spiro atoms. The molecule has 3 rings (SSSR count). The van der Waals surface area contributed by atoms with E-state index in [0.717, 1.165) is 5.56 Å². The molecule has 2 aromatic carbocycles. The molecule has 0 aromatic heterocycles. The fourth-order valence-electron chi connectivity index (χ4n) is 2.89. The number of hydrogen-bond donors (Lipinski definition) is 2. The number of hydrogen-bond acceptors (Lipinski definition) is 4. The van der Waals surface area contributed by atoms with Crippen LogP contribution in [0.15, 0.2) is 54.6 Å². The van der Waals surface area contributed by atoms with E-state index in [4.69, 9.17) is 4.74 Å². The van der Waals surface area contributed by atoms with Crippen molar-refractivity contribution < 1.29 is 19.1 Å². The smallest absolute Gasteiger partial charge is 0.325 e. The Morgan fingerprint density at radius 2 is 1.93 bits per heavy atom. The van der Waals surface area contributed by atoms with Crippen LogP contribution in [-0.2, 0) is 16.1 Å². The number of nitrogens with zero attached hydrogens (tertiary/aromatic N) is 1. The van der Waals surface area contributed by atoms with Crippen molar-refractivity contribution in [3.63, 3.8) is 0 Å². The van der Waals surface area contributed by atoms with Gasteiger partial charge in [-0.25, -0.2) is 4.79 Å². The first-order valence-corrected chi connectivity index (χ1v) is 8.66. The van der Waals surface area contributed by atoms with E-state index < -0.39 is 12.1 Å². The van der Waals surface area contributed by atoms with Gasteiger partial charge >= 0.3 is 6.03 Å². The van der Waals surface area contributed by atoms with E-state index in [1.165, 1.54) is 4.90 Å². The molecule has 0 radical (unpaired) electrons. The highest BCUT2D eigenvalue weighted by Gasteiger charge is 2.37. The van der Waals surface area contributed by atoms with Crippen molar-refractivity contribution in [1.82, 2.24) is 10.2 Å². The molecule has 0 bridgehead atoms. The molecule has 1 fully saturated rings. The van der Waals surface area contributed by atoms with Crippen molar-refractivity contribution in [2.75, 3.05) is 12.4 Å². The van der Waals surface area contributed by atoms with Gasteiger partial charge in [0.1, 0.15) is 11.8 Å². The molecule has 1 aliphatic rings. The molecule has 2 N–H and O–H groups in total. The maximum Gasteiger partial charge on any atom is 0.325 e. The van der Waals surface area contributed by atoms with Crippen molar-refractivity contribution in [2.45, 2.75) is 25.4 Å². The van der Waals surface area contributed by atoms with E-state index in [0.29, 0.717) is 11.4 Å². The van der Waals surface area contributed by atoms with E-state index in [-0.39, 0.29) is 31.2 Å². The average molecular weight is 367 g/mol. The Balaban J connectivity index is 1.52. The summed E-state index contributed by atoms with van der Waals surface area (Å²) < 4.78 is 5.12. The zero-order chi connectivity index (χ0) is 19.2. The van der Waals surface area contributed by atoms with E-state index in [1.54, 1.807) is 31.4 Å². The summed E-state index contributed by atoms with van der Waals surface area (Å²) in [5.41, 5.74) is 1.49. The Bertz CT molecular complexity index is 838. The second-order valence-electron chi connectivity index (χ2n) is 6.23. The Kier molecular flexibility index (Phi) is 5.71. The number of methoxy groups -OCH3 is 1. The van der Waals surface area contributed by atoms with Gasteiger partial charge in [0.25, 0.3) is 5.91 Å². The van der Waals surface area contributed by atoms with Crippen molar-refractivity contribution in [2.24, 2.45) is 0 Å².